The van der Waals surface area contributed by atoms with Crippen molar-refractivity contribution in [1.29, 1.82) is 0 Å². The molecule has 1 N–H and O–H groups in total. The van der Waals surface area contributed by atoms with Gasteiger partial charge in [0.15, 0.2) is 0 Å². The van der Waals surface area contributed by atoms with Gasteiger partial charge in [-0.05, 0) is 57.4 Å². The molecule has 0 amide bonds. The van der Waals surface area contributed by atoms with Crippen LogP contribution >= 0.6 is 11.6 Å². The van der Waals surface area contributed by atoms with E-state index < -0.39 is 10.2 Å². The average Bonchev–Trinajstić information content (AvgIpc) is 2.64. The van der Waals surface area contributed by atoms with E-state index in [0.29, 0.717) is 0 Å². The fraction of sp³-hybridized carbons (Fsp3) is 0.286. The molecule has 0 aliphatic carbocycles. The van der Waals surface area contributed by atoms with Crippen LogP contribution in [0.5, 0.6) is 0 Å². The molecule has 0 unspecified atom stereocenters. The lowest BCUT2D eigenvalue weighted by molar-refractivity contribution is -2.00. The summed E-state index contributed by atoms with van der Waals surface area (Å²) in [4.78, 5) is 5.78. The van der Waals surface area contributed by atoms with Crippen molar-refractivity contribution in [2.45, 2.75) is 13.3 Å². The maximum Gasteiger partial charge on any atom is 0.213 e. The van der Waals surface area contributed by atoms with Gasteiger partial charge in [0, 0.05) is 23.6 Å². The van der Waals surface area contributed by atoms with Crippen LogP contribution in [-0.2, 0) is 0 Å². The van der Waals surface area contributed by atoms with Crippen molar-refractivity contribution in [2.24, 2.45) is 0 Å². The molecule has 1 heterocycles. The third kappa shape index (κ3) is 8.41. The Bertz CT molecular complexity index is 1020. The number of fused-ring (bicyclic) bond motifs is 1. The summed E-state index contributed by atoms with van der Waals surface area (Å²) in [5.41, 5.74) is 3.12. The van der Waals surface area contributed by atoms with E-state index in [1.165, 1.54) is 5.56 Å². The summed E-state index contributed by atoms with van der Waals surface area (Å²) in [5.74, 6) is 0.836. The van der Waals surface area contributed by atoms with Crippen molar-refractivity contribution >= 4 is 22.6 Å². The van der Waals surface area contributed by atoms with E-state index in [1.807, 2.05) is 30.3 Å². The molecule has 0 bridgehead atoms. The van der Waals surface area contributed by atoms with E-state index >= 15 is 0 Å². The zero-order valence-electron chi connectivity index (χ0n) is 17.0. The molecule has 0 fully saturated rings. The molecule has 7 nitrogen and oxygen atoms in total. The summed E-state index contributed by atoms with van der Waals surface area (Å²) >= 11 is 6.01. The number of nitrogens with one attached hydrogen (secondary N) is 1. The van der Waals surface area contributed by atoms with Crippen LogP contribution in [0.2, 0.25) is 5.02 Å². The van der Waals surface area contributed by atoms with Crippen LogP contribution in [0, 0.1) is 17.2 Å². The first-order valence-corrected chi connectivity index (χ1v) is 10.8. The summed E-state index contributed by atoms with van der Waals surface area (Å²) in [5, 5.41) is 2.94. The third-order valence-electron chi connectivity index (χ3n) is 4.15. The van der Waals surface area contributed by atoms with Gasteiger partial charge in [-0.25, -0.2) is 23.6 Å². The number of halogens is 2. The van der Waals surface area contributed by atoms with Crippen molar-refractivity contribution < 1.29 is 38.3 Å². The molecule has 162 valence electrons. The Morgan fingerprint density at radius 1 is 1.00 bits per heavy atom. The molecule has 0 atom stereocenters. The van der Waals surface area contributed by atoms with Crippen LogP contribution < -0.4 is 29.0 Å². The van der Waals surface area contributed by atoms with Gasteiger partial charge in [-0.3, -0.25) is 0 Å². The largest absolute Gasteiger partial charge is 0.456 e. The molecule has 0 aliphatic rings. The zero-order chi connectivity index (χ0) is 22.3. The molecule has 9 heteroatoms. The molecule has 0 saturated carbocycles. The Balaban J connectivity index is 0.000000575. The van der Waals surface area contributed by atoms with Gasteiger partial charge in [-0.2, -0.15) is 0 Å². The number of nitrogens with zero attached hydrogens (tertiary/aromatic N) is 1. The van der Waals surface area contributed by atoms with Crippen molar-refractivity contribution in [3.63, 3.8) is 0 Å². The van der Waals surface area contributed by atoms with E-state index in [9.17, 15) is 0 Å². The van der Waals surface area contributed by atoms with Crippen LogP contribution in [0.3, 0.4) is 0 Å². The monoisotopic (exact) mass is 454 g/mol. The number of rotatable bonds is 5. The van der Waals surface area contributed by atoms with E-state index in [2.05, 4.69) is 49.1 Å². The second kappa shape index (κ2) is 10.9. The maximum atomic E-state index is 8.49. The van der Waals surface area contributed by atoms with Crippen molar-refractivity contribution in [1.82, 2.24) is 4.90 Å². The third-order valence-corrected chi connectivity index (χ3v) is 4.40. The van der Waals surface area contributed by atoms with Crippen molar-refractivity contribution in [3.05, 3.63) is 64.5 Å². The van der Waals surface area contributed by atoms with Gasteiger partial charge in [0.2, 0.25) is 5.36 Å². The van der Waals surface area contributed by atoms with Crippen LogP contribution in [0.1, 0.15) is 12.0 Å². The maximum absolute atomic E-state index is 8.49. The van der Waals surface area contributed by atoms with Crippen LogP contribution in [0.25, 0.3) is 22.3 Å². The highest BCUT2D eigenvalue weighted by Crippen LogP contribution is 2.23. The van der Waals surface area contributed by atoms with Crippen molar-refractivity contribution in [2.75, 3.05) is 27.2 Å². The highest BCUT2D eigenvalue weighted by Gasteiger charge is 2.09. The summed E-state index contributed by atoms with van der Waals surface area (Å²) in [7, 11) is -0.752. The van der Waals surface area contributed by atoms with E-state index in [0.717, 1.165) is 52.2 Å². The average molecular weight is 455 g/mol. The number of hydrogen-bond donors (Lipinski definition) is 1. The minimum Gasteiger partial charge on any atom is -0.456 e. The molecule has 0 aliphatic heterocycles. The van der Waals surface area contributed by atoms with E-state index in [4.69, 9.17) is 34.7 Å². The molecule has 1 aromatic heterocycles. The summed E-state index contributed by atoms with van der Waals surface area (Å²) in [6.07, 6.45) is 1.09. The first-order chi connectivity index (χ1) is 14.0. The summed E-state index contributed by atoms with van der Waals surface area (Å²) < 4.78 is 40.1. The first kappa shape index (κ1) is 24.3. The zero-order valence-corrected chi connectivity index (χ0v) is 18.5. The molecule has 0 radical (unpaired) electrons. The van der Waals surface area contributed by atoms with Crippen molar-refractivity contribution in [3.8, 4) is 11.3 Å². The quantitative estimate of drug-likeness (QED) is 0.455. The lowest BCUT2D eigenvalue weighted by Crippen LogP contribution is -2.77. The Morgan fingerprint density at radius 2 is 1.63 bits per heavy atom. The van der Waals surface area contributed by atoms with Gasteiger partial charge < -0.3 is 9.32 Å². The smallest absolute Gasteiger partial charge is 0.213 e. The van der Waals surface area contributed by atoms with E-state index in [1.54, 1.807) is 0 Å². The van der Waals surface area contributed by atoms with Crippen LogP contribution in [0.4, 0.5) is 0 Å². The molecule has 3 aromatic rings. The summed E-state index contributed by atoms with van der Waals surface area (Å²) in [6.45, 7) is 4.08. The second-order valence-electron chi connectivity index (χ2n) is 6.99. The number of aryl methyl sites for hydroxylation is 1. The van der Waals surface area contributed by atoms with Gasteiger partial charge in [0.25, 0.3) is 0 Å². The van der Waals surface area contributed by atoms with Crippen LogP contribution in [0.15, 0.2) is 52.9 Å². The Hall–Kier alpha value is -1.97. The topological polar surface area (TPSA) is 123 Å². The minimum atomic E-state index is -4.94. The van der Waals surface area contributed by atoms with Gasteiger partial charge in [0.1, 0.15) is 17.9 Å². The predicted octanol–water partition coefficient (Wildman–Crippen LogP) is -1.76. The fourth-order valence-corrected chi connectivity index (χ4v) is 2.95. The fourth-order valence-electron chi connectivity index (χ4n) is 2.82. The lowest BCUT2D eigenvalue weighted by atomic mass is 10.1. The van der Waals surface area contributed by atoms with Gasteiger partial charge in [-0.1, -0.05) is 23.2 Å². The minimum absolute atomic E-state index is 0.724. The molecular weight excluding hydrogens is 431 g/mol. The molecule has 30 heavy (non-hydrogen) atoms. The highest BCUT2D eigenvalue weighted by molar-refractivity contribution is 6.30. The normalized spacial score (nSPS) is 12.2. The molecule has 3 rings (SSSR count). The lowest BCUT2D eigenvalue weighted by Gasteiger charge is -2.17. The summed E-state index contributed by atoms with van der Waals surface area (Å²) in [6, 6.07) is 16.1. The second-order valence-corrected chi connectivity index (χ2v) is 8.18. The van der Waals surface area contributed by atoms with Gasteiger partial charge in [-0.15, -0.1) is 10.2 Å². The van der Waals surface area contributed by atoms with Crippen LogP contribution in [-0.4, -0.2) is 32.1 Å². The molecule has 0 spiro atoms. The van der Waals surface area contributed by atoms with Gasteiger partial charge in [0.05, 0.1) is 11.5 Å². The van der Waals surface area contributed by atoms with Gasteiger partial charge >= 0.3 is 0 Å². The Morgan fingerprint density at radius 3 is 2.23 bits per heavy atom. The Labute approximate surface area is 182 Å². The first-order valence-electron chi connectivity index (χ1n) is 9.17. The predicted molar refractivity (Wildman–Crippen MR) is 104 cm³/mol. The molecular formula is C21H24Cl2N2O5. The standard InChI is InChI=1S/C21H23ClN2O.ClHO4/c1-15-5-10-20-18(13-15)19(23-11-4-12-24(2)3)14-21(25-20)16-6-8-17(22)9-7-16;2-1(3,4)5/h5-10,13-14H,4,11-12H2,1-3H3;(H,2,3,4,5). The molecule has 2 aromatic carbocycles. The highest BCUT2D eigenvalue weighted by atomic mass is 35.7. The van der Waals surface area contributed by atoms with E-state index in [-0.39, 0.29) is 0 Å². The Kier molecular flexibility index (Phi) is 8.81. The number of benzene rings is 2. The SMILES string of the molecule is Cc1ccc2oc(-c3ccc(Cl)cc3)cc(=[NH+]CCCN(C)C)c2c1.[O-][Cl+3]([O-])([O-])[O-]. The molecule has 0 saturated heterocycles. The number of hydrogen-bond acceptors (Lipinski definition) is 6.